The zero-order chi connectivity index (χ0) is 10.7. The molecule has 0 saturated carbocycles. The zero-order valence-electron chi connectivity index (χ0n) is 8.75. The molecule has 1 saturated heterocycles. The number of rotatable bonds is 2. The molecule has 0 spiro atoms. The lowest BCUT2D eigenvalue weighted by Gasteiger charge is -2.21. The summed E-state index contributed by atoms with van der Waals surface area (Å²) in [5.74, 6) is 1.16. The Morgan fingerprint density at radius 1 is 1.67 bits per heavy atom. The van der Waals surface area contributed by atoms with E-state index in [0.717, 1.165) is 25.8 Å². The molecule has 1 amide bonds. The third kappa shape index (κ3) is 2.56. The highest BCUT2D eigenvalue weighted by Crippen LogP contribution is 2.11. The van der Waals surface area contributed by atoms with Crippen molar-refractivity contribution in [3.05, 3.63) is 11.8 Å². The number of piperidine rings is 1. The molecule has 0 bridgehead atoms. The number of amides is 1. The van der Waals surface area contributed by atoms with Gasteiger partial charge in [0.2, 0.25) is 5.91 Å². The summed E-state index contributed by atoms with van der Waals surface area (Å²) in [6.07, 6.45) is 3.14. The molecule has 2 N–H and O–H groups in total. The summed E-state index contributed by atoms with van der Waals surface area (Å²) in [5, 5.41) is 9.62. The molecule has 0 aliphatic carbocycles. The molecular formula is C10H15N3O2. The van der Waals surface area contributed by atoms with Gasteiger partial charge in [0.25, 0.3) is 0 Å². The Morgan fingerprint density at radius 2 is 2.53 bits per heavy atom. The van der Waals surface area contributed by atoms with Crippen molar-refractivity contribution in [3.8, 4) is 0 Å². The molecule has 0 aromatic carbocycles. The second-order valence-corrected chi connectivity index (χ2v) is 3.81. The zero-order valence-corrected chi connectivity index (χ0v) is 8.75. The summed E-state index contributed by atoms with van der Waals surface area (Å²) in [6.45, 7) is 2.71. The van der Waals surface area contributed by atoms with Gasteiger partial charge in [0.05, 0.1) is 6.04 Å². The number of hydrogen-bond acceptors (Lipinski definition) is 4. The van der Waals surface area contributed by atoms with Crippen LogP contribution in [0.4, 0.5) is 5.82 Å². The van der Waals surface area contributed by atoms with Crippen LogP contribution in [0, 0.1) is 6.92 Å². The number of nitrogens with one attached hydrogen (secondary N) is 2. The van der Waals surface area contributed by atoms with Crippen molar-refractivity contribution < 1.29 is 9.32 Å². The monoisotopic (exact) mass is 209 g/mol. The first-order chi connectivity index (χ1) is 7.25. The minimum Gasteiger partial charge on any atom is -0.360 e. The van der Waals surface area contributed by atoms with Crippen LogP contribution in [0.2, 0.25) is 0 Å². The minimum atomic E-state index is -0.0873. The summed E-state index contributed by atoms with van der Waals surface area (Å²) < 4.78 is 4.87. The van der Waals surface area contributed by atoms with Gasteiger partial charge in [-0.05, 0) is 26.3 Å². The Kier molecular flexibility index (Phi) is 3.01. The van der Waals surface area contributed by atoms with Gasteiger partial charge in [-0.1, -0.05) is 11.6 Å². The lowest BCUT2D eigenvalue weighted by Crippen LogP contribution is -2.43. The fourth-order valence-corrected chi connectivity index (χ4v) is 1.71. The molecule has 1 atom stereocenters. The van der Waals surface area contributed by atoms with Gasteiger partial charge < -0.3 is 15.2 Å². The van der Waals surface area contributed by atoms with Crippen LogP contribution in [0.3, 0.4) is 0 Å². The molecule has 82 valence electrons. The first kappa shape index (κ1) is 10.2. The first-order valence-electron chi connectivity index (χ1n) is 5.23. The van der Waals surface area contributed by atoms with E-state index in [1.165, 1.54) is 0 Å². The fraction of sp³-hybridized carbons (Fsp3) is 0.600. The van der Waals surface area contributed by atoms with Gasteiger partial charge in [-0.2, -0.15) is 0 Å². The van der Waals surface area contributed by atoms with Crippen LogP contribution in [0.1, 0.15) is 25.0 Å². The quantitative estimate of drug-likeness (QED) is 0.764. The van der Waals surface area contributed by atoms with E-state index in [1.807, 2.05) is 0 Å². The maximum atomic E-state index is 11.7. The van der Waals surface area contributed by atoms with Crippen LogP contribution in [0.5, 0.6) is 0 Å². The van der Waals surface area contributed by atoms with Gasteiger partial charge in [0.15, 0.2) is 5.82 Å². The van der Waals surface area contributed by atoms with Crippen LogP contribution < -0.4 is 10.6 Å². The molecule has 1 aliphatic rings. The standard InChI is InChI=1S/C10H15N3O2/c1-7-6-9(13-15-7)12-10(14)8-4-2-3-5-11-8/h6,8,11H,2-5H2,1H3,(H,12,13,14)/t8-/m0/s1. The Labute approximate surface area is 88.2 Å². The van der Waals surface area contributed by atoms with Crippen molar-refractivity contribution in [1.82, 2.24) is 10.5 Å². The van der Waals surface area contributed by atoms with Crippen molar-refractivity contribution in [2.45, 2.75) is 32.2 Å². The van der Waals surface area contributed by atoms with Gasteiger partial charge in [0.1, 0.15) is 5.76 Å². The number of nitrogens with zero attached hydrogens (tertiary/aromatic N) is 1. The molecule has 15 heavy (non-hydrogen) atoms. The van der Waals surface area contributed by atoms with E-state index >= 15 is 0 Å². The number of aryl methyl sites for hydroxylation is 1. The summed E-state index contributed by atoms with van der Waals surface area (Å²) in [4.78, 5) is 11.7. The van der Waals surface area contributed by atoms with Crippen molar-refractivity contribution in [1.29, 1.82) is 0 Å². The van der Waals surface area contributed by atoms with Crippen molar-refractivity contribution in [2.75, 3.05) is 11.9 Å². The normalized spacial score (nSPS) is 21.3. The maximum absolute atomic E-state index is 11.7. The predicted octanol–water partition coefficient (Wildman–Crippen LogP) is 1.06. The topological polar surface area (TPSA) is 67.2 Å². The van der Waals surface area contributed by atoms with E-state index in [4.69, 9.17) is 4.52 Å². The van der Waals surface area contributed by atoms with Gasteiger partial charge in [-0.3, -0.25) is 4.79 Å². The largest absolute Gasteiger partial charge is 0.360 e. The lowest BCUT2D eigenvalue weighted by molar-refractivity contribution is -0.118. The number of carbonyl (C=O) groups excluding carboxylic acids is 1. The van der Waals surface area contributed by atoms with E-state index in [1.54, 1.807) is 13.0 Å². The van der Waals surface area contributed by atoms with Crippen LogP contribution >= 0.6 is 0 Å². The molecule has 2 heterocycles. The van der Waals surface area contributed by atoms with E-state index in [-0.39, 0.29) is 11.9 Å². The van der Waals surface area contributed by atoms with Crippen LogP contribution in [-0.4, -0.2) is 23.7 Å². The molecule has 1 aromatic heterocycles. The van der Waals surface area contributed by atoms with Crippen LogP contribution in [0.15, 0.2) is 10.6 Å². The predicted molar refractivity (Wildman–Crippen MR) is 55.5 cm³/mol. The number of hydrogen-bond donors (Lipinski definition) is 2. The molecule has 1 fully saturated rings. The SMILES string of the molecule is Cc1cc(NC(=O)[C@@H]2CCCCN2)no1. The second-order valence-electron chi connectivity index (χ2n) is 3.81. The highest BCUT2D eigenvalue weighted by molar-refractivity contribution is 5.94. The third-order valence-electron chi connectivity index (χ3n) is 2.51. The van der Waals surface area contributed by atoms with Crippen molar-refractivity contribution in [3.63, 3.8) is 0 Å². The van der Waals surface area contributed by atoms with Gasteiger partial charge >= 0.3 is 0 Å². The molecule has 1 aromatic rings. The van der Waals surface area contributed by atoms with Gasteiger partial charge in [-0.15, -0.1) is 0 Å². The minimum absolute atomic E-state index is 0.0250. The number of aromatic nitrogens is 1. The molecule has 2 rings (SSSR count). The van der Waals surface area contributed by atoms with E-state index < -0.39 is 0 Å². The molecular weight excluding hydrogens is 194 g/mol. The summed E-state index contributed by atoms with van der Waals surface area (Å²) >= 11 is 0. The smallest absolute Gasteiger partial charge is 0.242 e. The average Bonchev–Trinajstić information content (AvgIpc) is 2.65. The Bertz CT molecular complexity index is 342. The van der Waals surface area contributed by atoms with Crippen molar-refractivity contribution in [2.24, 2.45) is 0 Å². The molecule has 0 unspecified atom stereocenters. The summed E-state index contributed by atoms with van der Waals surface area (Å²) in [6, 6.07) is 1.62. The number of carbonyl (C=O) groups is 1. The second kappa shape index (κ2) is 4.44. The average molecular weight is 209 g/mol. The van der Waals surface area contributed by atoms with Gasteiger partial charge in [-0.25, -0.2) is 0 Å². The lowest BCUT2D eigenvalue weighted by atomic mass is 10.0. The highest BCUT2D eigenvalue weighted by atomic mass is 16.5. The molecule has 1 aliphatic heterocycles. The number of anilines is 1. The Morgan fingerprint density at radius 3 is 3.13 bits per heavy atom. The van der Waals surface area contributed by atoms with E-state index in [0.29, 0.717) is 11.6 Å². The molecule has 0 radical (unpaired) electrons. The van der Waals surface area contributed by atoms with Crippen LogP contribution in [0.25, 0.3) is 0 Å². The summed E-state index contributed by atoms with van der Waals surface area (Å²) in [5.41, 5.74) is 0. The highest BCUT2D eigenvalue weighted by Gasteiger charge is 2.21. The Hall–Kier alpha value is -1.36. The van der Waals surface area contributed by atoms with E-state index in [2.05, 4.69) is 15.8 Å². The van der Waals surface area contributed by atoms with Gasteiger partial charge in [0, 0.05) is 6.07 Å². The van der Waals surface area contributed by atoms with Crippen molar-refractivity contribution >= 4 is 11.7 Å². The Balaban J connectivity index is 1.91. The summed E-state index contributed by atoms with van der Waals surface area (Å²) in [7, 11) is 0. The first-order valence-corrected chi connectivity index (χ1v) is 5.23. The fourth-order valence-electron chi connectivity index (χ4n) is 1.71. The van der Waals surface area contributed by atoms with E-state index in [9.17, 15) is 4.79 Å². The molecule has 5 heteroatoms. The molecule has 5 nitrogen and oxygen atoms in total. The maximum Gasteiger partial charge on any atom is 0.242 e. The van der Waals surface area contributed by atoms with Crippen LogP contribution in [-0.2, 0) is 4.79 Å². The third-order valence-corrected chi connectivity index (χ3v) is 2.51.